The second-order valence-electron chi connectivity index (χ2n) is 5.75. The third-order valence-electron chi connectivity index (χ3n) is 3.94. The van der Waals surface area contributed by atoms with Crippen LogP contribution >= 0.6 is 34.2 Å². The molecule has 0 aromatic heterocycles. The number of hydrogen-bond acceptors (Lipinski definition) is 2. The van der Waals surface area contributed by atoms with Gasteiger partial charge >= 0.3 is 0 Å². The van der Waals surface area contributed by atoms with Gasteiger partial charge in [0.2, 0.25) is 0 Å². The summed E-state index contributed by atoms with van der Waals surface area (Å²) in [7, 11) is 0. The van der Waals surface area contributed by atoms with Gasteiger partial charge in [-0.25, -0.2) is 0 Å². The van der Waals surface area contributed by atoms with Gasteiger partial charge in [0, 0.05) is 26.3 Å². The lowest BCUT2D eigenvalue weighted by Gasteiger charge is -2.20. The highest BCUT2D eigenvalue weighted by atomic mass is 127. The molecule has 4 heteroatoms. The topological polar surface area (TPSA) is 29.1 Å². The zero-order valence-corrected chi connectivity index (χ0v) is 16.4. The van der Waals surface area contributed by atoms with Gasteiger partial charge in [0.1, 0.15) is 0 Å². The fourth-order valence-corrected chi connectivity index (χ4v) is 3.11. The molecule has 3 rings (SSSR count). The van der Waals surface area contributed by atoms with Crippen LogP contribution in [0.5, 0.6) is 0 Å². The van der Waals surface area contributed by atoms with Gasteiger partial charge in [-0.3, -0.25) is 4.79 Å². The predicted molar refractivity (Wildman–Crippen MR) is 112 cm³/mol. The first-order valence-electron chi connectivity index (χ1n) is 7.97. The van der Waals surface area contributed by atoms with E-state index in [2.05, 4.69) is 27.9 Å². The minimum atomic E-state index is -0.0931. The summed E-state index contributed by atoms with van der Waals surface area (Å²) < 4.78 is 1.18. The summed E-state index contributed by atoms with van der Waals surface area (Å²) >= 11 is 8.19. The lowest BCUT2D eigenvalue weighted by Crippen LogP contribution is -2.15. The van der Waals surface area contributed by atoms with E-state index in [-0.39, 0.29) is 11.8 Å². The number of anilines is 1. The second-order valence-corrected chi connectivity index (χ2v) is 7.43. The van der Waals surface area contributed by atoms with Crippen molar-refractivity contribution < 1.29 is 4.79 Å². The summed E-state index contributed by atoms with van der Waals surface area (Å²) in [5.41, 5.74) is 2.76. The van der Waals surface area contributed by atoms with Gasteiger partial charge in [-0.15, -0.1) is 0 Å². The molecule has 0 aliphatic carbocycles. The van der Waals surface area contributed by atoms with Crippen molar-refractivity contribution in [1.82, 2.24) is 0 Å². The first-order chi connectivity index (χ1) is 12.1. The number of benzene rings is 3. The van der Waals surface area contributed by atoms with Gasteiger partial charge in [-0.1, -0.05) is 41.9 Å². The van der Waals surface area contributed by atoms with Crippen LogP contribution in [-0.2, 0) is 0 Å². The van der Waals surface area contributed by atoms with E-state index >= 15 is 0 Å². The van der Waals surface area contributed by atoms with Gasteiger partial charge in [0.15, 0.2) is 5.78 Å². The highest BCUT2D eigenvalue weighted by Gasteiger charge is 2.17. The van der Waals surface area contributed by atoms with Gasteiger partial charge in [-0.2, -0.15) is 0 Å². The van der Waals surface area contributed by atoms with Crippen molar-refractivity contribution in [3.63, 3.8) is 0 Å². The molecular formula is C21H17ClINO. The van der Waals surface area contributed by atoms with Crippen LogP contribution in [0, 0.1) is 3.57 Å². The molecule has 1 atom stereocenters. The average molecular weight is 462 g/mol. The van der Waals surface area contributed by atoms with Crippen molar-refractivity contribution in [3.05, 3.63) is 98.6 Å². The van der Waals surface area contributed by atoms with Crippen molar-refractivity contribution in [2.75, 3.05) is 5.32 Å². The molecule has 0 spiro atoms. The van der Waals surface area contributed by atoms with Crippen LogP contribution in [0.1, 0.15) is 28.4 Å². The Kier molecular flexibility index (Phi) is 6.10. The van der Waals surface area contributed by atoms with Crippen LogP contribution in [0.3, 0.4) is 0 Å². The van der Waals surface area contributed by atoms with Crippen molar-refractivity contribution in [2.45, 2.75) is 12.5 Å². The molecule has 0 aliphatic heterocycles. The molecule has 126 valence electrons. The standard InChI is InChI=1S/C21H17ClINO/c22-17-8-6-16(7-9-17)21(25)14-20(15-4-2-1-3-5-15)24-19-12-10-18(23)11-13-19/h1-13,20,24H,14H2. The van der Waals surface area contributed by atoms with Crippen molar-refractivity contribution >= 4 is 45.7 Å². The van der Waals surface area contributed by atoms with Crippen molar-refractivity contribution in [2.24, 2.45) is 0 Å². The lowest BCUT2D eigenvalue weighted by molar-refractivity contribution is 0.0976. The van der Waals surface area contributed by atoms with Gasteiger partial charge in [0.05, 0.1) is 6.04 Å². The molecular weight excluding hydrogens is 445 g/mol. The normalized spacial score (nSPS) is 11.8. The number of ketones is 1. The second kappa shape index (κ2) is 8.50. The van der Waals surface area contributed by atoms with E-state index in [4.69, 9.17) is 11.6 Å². The Labute approximate surface area is 166 Å². The number of Topliss-reactive ketones (excluding diaryl/α,β-unsaturated/α-hetero) is 1. The van der Waals surface area contributed by atoms with Crippen LogP contribution in [-0.4, -0.2) is 5.78 Å². The van der Waals surface area contributed by atoms with E-state index in [1.54, 1.807) is 24.3 Å². The summed E-state index contributed by atoms with van der Waals surface area (Å²) in [5, 5.41) is 4.12. The maximum atomic E-state index is 12.7. The Hall–Kier alpha value is -1.85. The van der Waals surface area contributed by atoms with Gasteiger partial charge in [0.25, 0.3) is 0 Å². The molecule has 0 saturated heterocycles. The molecule has 0 radical (unpaired) electrons. The molecule has 1 N–H and O–H groups in total. The molecule has 0 saturated carbocycles. The monoisotopic (exact) mass is 461 g/mol. The zero-order valence-electron chi connectivity index (χ0n) is 13.5. The molecule has 3 aromatic rings. The fourth-order valence-electron chi connectivity index (χ4n) is 2.62. The summed E-state index contributed by atoms with van der Waals surface area (Å²) in [6.07, 6.45) is 0.373. The first kappa shape index (κ1) is 18.0. The fraction of sp³-hybridized carbons (Fsp3) is 0.0952. The van der Waals surface area contributed by atoms with E-state index < -0.39 is 0 Å². The van der Waals surface area contributed by atoms with E-state index in [0.29, 0.717) is 17.0 Å². The van der Waals surface area contributed by atoms with E-state index in [9.17, 15) is 4.79 Å². The Bertz CT molecular complexity index is 832. The van der Waals surface area contributed by atoms with E-state index in [1.165, 1.54) is 3.57 Å². The number of carbonyl (C=O) groups excluding carboxylic acids is 1. The van der Waals surface area contributed by atoms with Crippen LogP contribution in [0.15, 0.2) is 78.9 Å². The molecule has 0 heterocycles. The van der Waals surface area contributed by atoms with Crippen LogP contribution in [0.2, 0.25) is 5.02 Å². The predicted octanol–water partition coefficient (Wildman–Crippen LogP) is 6.37. The van der Waals surface area contributed by atoms with Crippen LogP contribution in [0.4, 0.5) is 5.69 Å². The number of halogens is 2. The lowest BCUT2D eigenvalue weighted by atomic mass is 9.97. The highest BCUT2D eigenvalue weighted by molar-refractivity contribution is 14.1. The van der Waals surface area contributed by atoms with E-state index in [0.717, 1.165) is 11.3 Å². The molecule has 2 nitrogen and oxygen atoms in total. The summed E-state index contributed by atoms with van der Waals surface area (Å²) in [4.78, 5) is 12.7. The molecule has 0 amide bonds. The quantitative estimate of drug-likeness (QED) is 0.341. The number of nitrogens with one attached hydrogen (secondary N) is 1. The number of rotatable bonds is 6. The van der Waals surface area contributed by atoms with Gasteiger partial charge in [-0.05, 0) is 76.7 Å². The summed E-state index contributed by atoms with van der Waals surface area (Å²) in [6, 6.07) is 25.2. The Morgan fingerprint density at radius 1 is 0.920 bits per heavy atom. The maximum absolute atomic E-state index is 12.7. The molecule has 0 bridgehead atoms. The highest BCUT2D eigenvalue weighted by Crippen LogP contribution is 2.25. The largest absolute Gasteiger partial charge is 0.378 e. The zero-order chi connectivity index (χ0) is 17.6. The molecule has 0 aliphatic rings. The van der Waals surface area contributed by atoms with Crippen molar-refractivity contribution in [1.29, 1.82) is 0 Å². The Balaban J connectivity index is 1.82. The third kappa shape index (κ3) is 5.06. The minimum Gasteiger partial charge on any atom is -0.378 e. The number of carbonyl (C=O) groups is 1. The van der Waals surface area contributed by atoms with Crippen LogP contribution in [0.25, 0.3) is 0 Å². The van der Waals surface area contributed by atoms with Gasteiger partial charge < -0.3 is 5.32 Å². The average Bonchev–Trinajstić information content (AvgIpc) is 2.64. The Morgan fingerprint density at radius 3 is 2.20 bits per heavy atom. The minimum absolute atomic E-state index is 0.0866. The first-order valence-corrected chi connectivity index (χ1v) is 9.43. The number of hydrogen-bond donors (Lipinski definition) is 1. The third-order valence-corrected chi connectivity index (χ3v) is 4.91. The smallest absolute Gasteiger partial charge is 0.165 e. The van der Waals surface area contributed by atoms with Crippen molar-refractivity contribution in [3.8, 4) is 0 Å². The molecule has 0 fully saturated rings. The van der Waals surface area contributed by atoms with Crippen LogP contribution < -0.4 is 5.32 Å². The summed E-state index contributed by atoms with van der Waals surface area (Å²) in [6.45, 7) is 0. The Morgan fingerprint density at radius 2 is 1.56 bits per heavy atom. The molecule has 3 aromatic carbocycles. The molecule has 1 unspecified atom stereocenters. The SMILES string of the molecule is O=C(CC(Nc1ccc(I)cc1)c1ccccc1)c1ccc(Cl)cc1. The van der Waals surface area contributed by atoms with E-state index in [1.807, 2.05) is 54.6 Å². The summed E-state index contributed by atoms with van der Waals surface area (Å²) in [5.74, 6) is 0.0866. The maximum Gasteiger partial charge on any atom is 0.165 e. The molecule has 25 heavy (non-hydrogen) atoms.